The van der Waals surface area contributed by atoms with Crippen LogP contribution in [-0.2, 0) is 12.7 Å². The van der Waals surface area contributed by atoms with E-state index in [1.54, 1.807) is 6.20 Å². The zero-order chi connectivity index (χ0) is 18.1. The van der Waals surface area contributed by atoms with Crippen LogP contribution in [0.3, 0.4) is 0 Å². The third-order valence-corrected chi connectivity index (χ3v) is 4.60. The van der Waals surface area contributed by atoms with E-state index in [1.165, 1.54) is 0 Å². The summed E-state index contributed by atoms with van der Waals surface area (Å²) in [5, 5.41) is 3.65. The van der Waals surface area contributed by atoms with Gasteiger partial charge >= 0.3 is 6.18 Å². The summed E-state index contributed by atoms with van der Waals surface area (Å²) in [6, 6.07) is 6.85. The van der Waals surface area contributed by atoms with Crippen molar-refractivity contribution in [3.63, 3.8) is 0 Å². The van der Waals surface area contributed by atoms with Gasteiger partial charge in [0.1, 0.15) is 6.33 Å². The van der Waals surface area contributed by atoms with Gasteiger partial charge in [-0.05, 0) is 37.6 Å². The number of likely N-dealkylation sites (tertiary alicyclic amines) is 1. The van der Waals surface area contributed by atoms with E-state index in [-0.39, 0.29) is 11.7 Å². The van der Waals surface area contributed by atoms with Crippen LogP contribution in [0.25, 0.3) is 5.78 Å². The summed E-state index contributed by atoms with van der Waals surface area (Å²) >= 11 is 0. The number of alkyl halides is 3. The largest absolute Gasteiger partial charge is 0.433 e. The maximum absolute atomic E-state index is 13.4. The third-order valence-electron chi connectivity index (χ3n) is 4.60. The fourth-order valence-corrected chi connectivity index (χ4v) is 3.40. The van der Waals surface area contributed by atoms with Crippen LogP contribution >= 0.6 is 0 Å². The molecule has 26 heavy (non-hydrogen) atoms. The van der Waals surface area contributed by atoms with E-state index in [9.17, 15) is 13.2 Å². The lowest BCUT2D eigenvalue weighted by Crippen LogP contribution is -2.34. The van der Waals surface area contributed by atoms with Crippen LogP contribution in [0, 0.1) is 0 Å². The molecule has 1 atom stereocenters. The van der Waals surface area contributed by atoms with Gasteiger partial charge in [0.15, 0.2) is 5.69 Å². The van der Waals surface area contributed by atoms with E-state index in [2.05, 4.69) is 25.0 Å². The van der Waals surface area contributed by atoms with E-state index < -0.39 is 11.9 Å². The van der Waals surface area contributed by atoms with Crippen molar-refractivity contribution in [2.75, 3.05) is 13.1 Å². The van der Waals surface area contributed by atoms with E-state index in [0.29, 0.717) is 18.8 Å². The Morgan fingerprint density at radius 2 is 2.08 bits per heavy atom. The number of piperidine rings is 1. The number of pyridine rings is 1. The molecule has 1 unspecified atom stereocenters. The van der Waals surface area contributed by atoms with Crippen molar-refractivity contribution in [2.45, 2.75) is 31.5 Å². The van der Waals surface area contributed by atoms with Crippen LogP contribution in [0.4, 0.5) is 13.2 Å². The quantitative estimate of drug-likeness (QED) is 0.717. The Kier molecular flexibility index (Phi) is 4.31. The van der Waals surface area contributed by atoms with Crippen molar-refractivity contribution in [1.29, 1.82) is 0 Å². The Bertz CT molecular complexity index is 892. The highest BCUT2D eigenvalue weighted by Crippen LogP contribution is 2.33. The highest BCUT2D eigenvalue weighted by molar-refractivity contribution is 5.33. The van der Waals surface area contributed by atoms with E-state index >= 15 is 0 Å². The minimum Gasteiger partial charge on any atom is -0.297 e. The first-order valence-electron chi connectivity index (χ1n) is 8.41. The molecule has 4 heterocycles. The Hall–Kier alpha value is -2.55. The second kappa shape index (κ2) is 6.64. The Morgan fingerprint density at radius 1 is 1.19 bits per heavy atom. The second-order valence-electron chi connectivity index (χ2n) is 6.43. The summed E-state index contributed by atoms with van der Waals surface area (Å²) in [6.07, 6.45) is 0.0282. The lowest BCUT2D eigenvalue weighted by Gasteiger charge is -2.32. The molecule has 3 aromatic heterocycles. The molecule has 1 aliphatic heterocycles. The van der Waals surface area contributed by atoms with Gasteiger partial charge in [-0.15, -0.1) is 0 Å². The highest BCUT2D eigenvalue weighted by atomic mass is 19.4. The summed E-state index contributed by atoms with van der Waals surface area (Å²) in [5.41, 5.74) is 0.533. The number of aromatic nitrogens is 5. The minimum atomic E-state index is -4.51. The molecule has 1 fully saturated rings. The van der Waals surface area contributed by atoms with Gasteiger partial charge in [0.05, 0.1) is 11.4 Å². The first-order chi connectivity index (χ1) is 12.5. The van der Waals surface area contributed by atoms with Gasteiger partial charge in [-0.2, -0.15) is 27.8 Å². The Labute approximate surface area is 147 Å². The van der Waals surface area contributed by atoms with Crippen LogP contribution in [0.15, 0.2) is 36.8 Å². The molecule has 0 saturated carbocycles. The van der Waals surface area contributed by atoms with Crippen LogP contribution in [-0.4, -0.2) is 42.6 Å². The molecule has 3 aromatic rings. The summed E-state index contributed by atoms with van der Waals surface area (Å²) in [4.78, 5) is 14.7. The van der Waals surface area contributed by atoms with Crippen molar-refractivity contribution in [3.8, 4) is 0 Å². The molecule has 4 rings (SSSR count). The molecule has 0 spiro atoms. The van der Waals surface area contributed by atoms with Crippen molar-refractivity contribution < 1.29 is 13.2 Å². The predicted octanol–water partition coefficient (Wildman–Crippen LogP) is 2.92. The monoisotopic (exact) mass is 362 g/mol. The molecule has 0 N–H and O–H groups in total. The molecular formula is C17H17F3N6. The Morgan fingerprint density at radius 3 is 2.85 bits per heavy atom. The summed E-state index contributed by atoms with van der Waals surface area (Å²) < 4.78 is 40.9. The molecule has 0 aliphatic carbocycles. The first kappa shape index (κ1) is 16.9. The average Bonchev–Trinajstić information content (AvgIpc) is 3.09. The smallest absolute Gasteiger partial charge is 0.297 e. The standard InChI is InChI=1S/C17H17F3N6/c18-17(19,20)15-8-14(24-16-22-11-23-26(15)16)12-4-3-7-25(9-12)10-13-5-1-2-6-21-13/h1-2,5-6,8,11-12H,3-4,7,9-10H2. The fourth-order valence-electron chi connectivity index (χ4n) is 3.40. The van der Waals surface area contributed by atoms with Crippen LogP contribution in [0.2, 0.25) is 0 Å². The van der Waals surface area contributed by atoms with Gasteiger partial charge < -0.3 is 0 Å². The summed E-state index contributed by atoms with van der Waals surface area (Å²) in [6.45, 7) is 2.22. The van der Waals surface area contributed by atoms with Crippen molar-refractivity contribution in [2.24, 2.45) is 0 Å². The number of nitrogens with zero attached hydrogens (tertiary/aromatic N) is 6. The molecule has 1 aliphatic rings. The van der Waals surface area contributed by atoms with Gasteiger partial charge in [0.2, 0.25) is 0 Å². The van der Waals surface area contributed by atoms with Gasteiger partial charge in [0, 0.05) is 25.2 Å². The van der Waals surface area contributed by atoms with Gasteiger partial charge in [0.25, 0.3) is 5.78 Å². The molecule has 0 amide bonds. The van der Waals surface area contributed by atoms with Gasteiger partial charge in [-0.3, -0.25) is 9.88 Å². The topological polar surface area (TPSA) is 59.2 Å². The second-order valence-corrected chi connectivity index (χ2v) is 6.43. The van der Waals surface area contributed by atoms with E-state index in [0.717, 1.165) is 42.0 Å². The predicted molar refractivity (Wildman–Crippen MR) is 87.3 cm³/mol. The number of hydrogen-bond donors (Lipinski definition) is 0. The van der Waals surface area contributed by atoms with Gasteiger partial charge in [-0.1, -0.05) is 6.07 Å². The third kappa shape index (κ3) is 3.39. The minimum absolute atomic E-state index is 0.0170. The van der Waals surface area contributed by atoms with Crippen molar-refractivity contribution >= 4 is 5.78 Å². The van der Waals surface area contributed by atoms with Crippen LogP contribution in [0.1, 0.15) is 35.8 Å². The normalized spacial score (nSPS) is 19.1. The lowest BCUT2D eigenvalue weighted by molar-refractivity contribution is -0.142. The molecule has 9 heteroatoms. The molecular weight excluding hydrogens is 345 g/mol. The summed E-state index contributed by atoms with van der Waals surface area (Å²) in [5.74, 6) is -0.0908. The molecule has 1 saturated heterocycles. The Balaban J connectivity index is 1.60. The number of fused-ring (bicyclic) bond motifs is 1. The SMILES string of the molecule is FC(F)(F)c1cc(C2CCCN(Cc3ccccn3)C2)nc2ncnn12. The maximum Gasteiger partial charge on any atom is 0.433 e. The zero-order valence-electron chi connectivity index (χ0n) is 13.9. The van der Waals surface area contributed by atoms with Crippen molar-refractivity contribution in [3.05, 3.63) is 53.9 Å². The average molecular weight is 362 g/mol. The summed E-state index contributed by atoms with van der Waals surface area (Å²) in [7, 11) is 0. The fraction of sp³-hybridized carbons (Fsp3) is 0.412. The van der Waals surface area contributed by atoms with Crippen molar-refractivity contribution in [1.82, 2.24) is 29.5 Å². The molecule has 0 aromatic carbocycles. The molecule has 0 bridgehead atoms. The van der Waals surface area contributed by atoms with Crippen LogP contribution < -0.4 is 0 Å². The van der Waals surface area contributed by atoms with Crippen LogP contribution in [0.5, 0.6) is 0 Å². The molecule has 0 radical (unpaired) electrons. The number of hydrogen-bond acceptors (Lipinski definition) is 5. The first-order valence-corrected chi connectivity index (χ1v) is 8.41. The molecule has 136 valence electrons. The van der Waals surface area contributed by atoms with E-state index in [1.807, 2.05) is 18.2 Å². The number of halogens is 3. The number of rotatable bonds is 3. The van der Waals surface area contributed by atoms with E-state index in [4.69, 9.17) is 0 Å². The maximum atomic E-state index is 13.4. The van der Waals surface area contributed by atoms with Gasteiger partial charge in [-0.25, -0.2) is 4.98 Å². The highest BCUT2D eigenvalue weighted by Gasteiger charge is 2.36. The lowest BCUT2D eigenvalue weighted by atomic mass is 9.94. The molecule has 6 nitrogen and oxygen atoms in total. The zero-order valence-corrected chi connectivity index (χ0v) is 13.9.